The first-order valence-corrected chi connectivity index (χ1v) is 4.47. The summed E-state index contributed by atoms with van der Waals surface area (Å²) >= 11 is 0. The fourth-order valence-corrected chi connectivity index (χ4v) is 2.08. The molecule has 0 amide bonds. The maximum Gasteiger partial charge on any atom is 0.139 e. The second kappa shape index (κ2) is 2.64. The largest absolute Gasteiger partial charge is 0.506 e. The van der Waals surface area contributed by atoms with E-state index in [4.69, 9.17) is 11.5 Å². The number of phenolic OH excluding ortho intramolecular Hbond substituents is 1. The van der Waals surface area contributed by atoms with Crippen molar-refractivity contribution in [2.75, 3.05) is 5.73 Å². The van der Waals surface area contributed by atoms with E-state index in [0.29, 0.717) is 5.69 Å². The molecule has 3 heteroatoms. The Labute approximate surface area is 77.4 Å². The molecule has 3 nitrogen and oxygen atoms in total. The molecule has 0 radical (unpaired) electrons. The van der Waals surface area contributed by atoms with Gasteiger partial charge in [-0.3, -0.25) is 0 Å². The summed E-state index contributed by atoms with van der Waals surface area (Å²) in [6.07, 6.45) is 1.91. The quantitative estimate of drug-likeness (QED) is 0.413. The van der Waals surface area contributed by atoms with Gasteiger partial charge in [-0.15, -0.1) is 0 Å². The van der Waals surface area contributed by atoms with Gasteiger partial charge < -0.3 is 16.6 Å². The van der Waals surface area contributed by atoms with E-state index in [9.17, 15) is 5.11 Å². The molecule has 5 N–H and O–H groups in total. The highest BCUT2D eigenvalue weighted by Gasteiger charge is 2.23. The first-order chi connectivity index (χ1) is 6.11. The smallest absolute Gasteiger partial charge is 0.139 e. The summed E-state index contributed by atoms with van der Waals surface area (Å²) in [7, 11) is 0. The molecule has 0 saturated carbocycles. The molecule has 13 heavy (non-hydrogen) atoms. The number of anilines is 1. The normalized spacial score (nSPS) is 20.3. The van der Waals surface area contributed by atoms with Crippen molar-refractivity contribution in [3.8, 4) is 5.75 Å². The van der Waals surface area contributed by atoms with Crippen molar-refractivity contribution >= 4 is 5.69 Å². The number of phenols is 1. The molecule has 70 valence electrons. The van der Waals surface area contributed by atoms with Crippen LogP contribution in [0.5, 0.6) is 5.75 Å². The Bertz CT molecular complexity index is 360. The van der Waals surface area contributed by atoms with Crippen molar-refractivity contribution in [3.63, 3.8) is 0 Å². The van der Waals surface area contributed by atoms with Gasteiger partial charge in [0.25, 0.3) is 0 Å². The Balaban J connectivity index is 2.68. The summed E-state index contributed by atoms with van der Waals surface area (Å²) in [5.74, 6) is 0.186. The van der Waals surface area contributed by atoms with Crippen LogP contribution in [0.2, 0.25) is 0 Å². The van der Waals surface area contributed by atoms with Crippen LogP contribution in [0.4, 0.5) is 5.69 Å². The monoisotopic (exact) mass is 178 g/mol. The summed E-state index contributed by atoms with van der Waals surface area (Å²) in [6, 6.07) is 1.84. The molecule has 1 atom stereocenters. The maximum atomic E-state index is 9.48. The van der Waals surface area contributed by atoms with Gasteiger partial charge in [-0.1, -0.05) is 0 Å². The minimum Gasteiger partial charge on any atom is -0.506 e. The Kier molecular flexibility index (Phi) is 1.70. The number of nitrogens with two attached hydrogens (primary N) is 2. The van der Waals surface area contributed by atoms with Crippen LogP contribution in [0.25, 0.3) is 0 Å². The van der Waals surface area contributed by atoms with Crippen molar-refractivity contribution in [3.05, 3.63) is 22.8 Å². The lowest BCUT2D eigenvalue weighted by atomic mass is 10.00. The number of hydrogen-bond donors (Lipinski definition) is 3. The molecule has 0 unspecified atom stereocenters. The van der Waals surface area contributed by atoms with Crippen molar-refractivity contribution in [1.82, 2.24) is 0 Å². The highest BCUT2D eigenvalue weighted by atomic mass is 16.3. The van der Waals surface area contributed by atoms with Gasteiger partial charge in [-0.05, 0) is 42.5 Å². The average Bonchev–Trinajstić information content (AvgIpc) is 2.43. The van der Waals surface area contributed by atoms with Gasteiger partial charge in [0.1, 0.15) is 5.75 Å². The Morgan fingerprint density at radius 3 is 2.92 bits per heavy atom. The van der Waals surface area contributed by atoms with Crippen LogP contribution in [0, 0.1) is 6.92 Å². The standard InChI is InChI=1S/C10H14N2O/c1-5-9-6(2-3-7(9)11)4-8(13)10(5)12/h4,7,13H,2-3,11-12H2,1H3/t7-/m0/s1. The van der Waals surface area contributed by atoms with Crippen LogP contribution >= 0.6 is 0 Å². The predicted molar refractivity (Wildman–Crippen MR) is 52.5 cm³/mol. The average molecular weight is 178 g/mol. The van der Waals surface area contributed by atoms with E-state index in [2.05, 4.69) is 0 Å². The Morgan fingerprint density at radius 1 is 1.54 bits per heavy atom. The first kappa shape index (κ1) is 8.38. The van der Waals surface area contributed by atoms with Crippen molar-refractivity contribution < 1.29 is 5.11 Å². The number of rotatable bonds is 0. The van der Waals surface area contributed by atoms with E-state index < -0.39 is 0 Å². The number of benzene rings is 1. The molecule has 1 aliphatic rings. The third-order valence-corrected chi connectivity index (χ3v) is 2.84. The molecule has 1 aromatic rings. The lowest BCUT2D eigenvalue weighted by Crippen LogP contribution is -2.08. The third kappa shape index (κ3) is 1.08. The molecule has 0 saturated heterocycles. The summed E-state index contributed by atoms with van der Waals surface area (Å²) in [4.78, 5) is 0. The zero-order chi connectivity index (χ0) is 9.59. The predicted octanol–water partition coefficient (Wildman–Crippen LogP) is 1.23. The molecule has 0 bridgehead atoms. The molecule has 2 rings (SSSR count). The minimum absolute atomic E-state index is 0.0953. The highest BCUT2D eigenvalue weighted by Crippen LogP contribution is 2.38. The van der Waals surface area contributed by atoms with Crippen molar-refractivity contribution in [2.24, 2.45) is 5.73 Å². The van der Waals surface area contributed by atoms with Crippen LogP contribution in [-0.2, 0) is 6.42 Å². The third-order valence-electron chi connectivity index (χ3n) is 2.84. The molecule has 1 aliphatic carbocycles. The first-order valence-electron chi connectivity index (χ1n) is 4.47. The summed E-state index contributed by atoms with van der Waals surface area (Å²) in [5, 5.41) is 9.48. The second-order valence-electron chi connectivity index (χ2n) is 3.65. The van der Waals surface area contributed by atoms with E-state index in [1.165, 1.54) is 0 Å². The van der Waals surface area contributed by atoms with E-state index in [1.54, 1.807) is 6.07 Å². The van der Waals surface area contributed by atoms with Crippen LogP contribution < -0.4 is 11.5 Å². The van der Waals surface area contributed by atoms with Gasteiger partial charge in [0.2, 0.25) is 0 Å². The molecular formula is C10H14N2O. The molecule has 0 aromatic heterocycles. The topological polar surface area (TPSA) is 72.3 Å². The van der Waals surface area contributed by atoms with E-state index >= 15 is 0 Å². The Hall–Kier alpha value is -1.22. The summed E-state index contributed by atoms with van der Waals surface area (Å²) < 4.78 is 0. The molecule has 1 aromatic carbocycles. The molecule has 0 fully saturated rings. The van der Waals surface area contributed by atoms with Gasteiger partial charge in [-0.25, -0.2) is 0 Å². The number of hydrogen-bond acceptors (Lipinski definition) is 3. The number of fused-ring (bicyclic) bond motifs is 1. The van der Waals surface area contributed by atoms with Gasteiger partial charge in [0.15, 0.2) is 0 Å². The van der Waals surface area contributed by atoms with Gasteiger partial charge in [0.05, 0.1) is 5.69 Å². The van der Waals surface area contributed by atoms with Gasteiger partial charge >= 0.3 is 0 Å². The van der Waals surface area contributed by atoms with Gasteiger partial charge in [-0.2, -0.15) is 0 Å². The number of nitrogen functional groups attached to an aromatic ring is 1. The maximum absolute atomic E-state index is 9.48. The van der Waals surface area contributed by atoms with E-state index in [-0.39, 0.29) is 11.8 Å². The van der Waals surface area contributed by atoms with Gasteiger partial charge in [0, 0.05) is 6.04 Å². The fraction of sp³-hybridized carbons (Fsp3) is 0.400. The van der Waals surface area contributed by atoms with Crippen molar-refractivity contribution in [2.45, 2.75) is 25.8 Å². The van der Waals surface area contributed by atoms with Crippen LogP contribution in [0.15, 0.2) is 6.07 Å². The van der Waals surface area contributed by atoms with Crippen LogP contribution in [-0.4, -0.2) is 5.11 Å². The lowest BCUT2D eigenvalue weighted by Gasteiger charge is -2.12. The summed E-state index contributed by atoms with van der Waals surface area (Å²) in [5.41, 5.74) is 15.3. The van der Waals surface area contributed by atoms with E-state index in [1.807, 2.05) is 6.92 Å². The minimum atomic E-state index is 0.0953. The zero-order valence-electron chi connectivity index (χ0n) is 7.67. The highest BCUT2D eigenvalue weighted by molar-refractivity contribution is 5.64. The molecular weight excluding hydrogens is 164 g/mol. The number of aryl methyl sites for hydroxylation is 1. The SMILES string of the molecule is Cc1c(N)c(O)cc2c1[C@@H](N)CC2. The second-order valence-corrected chi connectivity index (χ2v) is 3.65. The zero-order valence-corrected chi connectivity index (χ0v) is 7.67. The Morgan fingerprint density at radius 2 is 2.23 bits per heavy atom. The summed E-state index contributed by atoms with van der Waals surface area (Å²) in [6.45, 7) is 1.92. The van der Waals surface area contributed by atoms with Crippen molar-refractivity contribution in [1.29, 1.82) is 0 Å². The number of aromatic hydroxyl groups is 1. The lowest BCUT2D eigenvalue weighted by molar-refractivity contribution is 0.477. The van der Waals surface area contributed by atoms with E-state index in [0.717, 1.165) is 29.5 Å². The molecule has 0 heterocycles. The molecule has 0 aliphatic heterocycles. The fourth-order valence-electron chi connectivity index (χ4n) is 2.08. The van der Waals surface area contributed by atoms with Crippen LogP contribution in [0.1, 0.15) is 29.2 Å². The molecule has 0 spiro atoms. The van der Waals surface area contributed by atoms with Crippen LogP contribution in [0.3, 0.4) is 0 Å².